The zero-order chi connectivity index (χ0) is 6.24. The van der Waals surface area contributed by atoms with Gasteiger partial charge < -0.3 is 4.74 Å². The average molecular weight is 112 g/mol. The highest BCUT2D eigenvalue weighted by atomic mass is 16.5. The summed E-state index contributed by atoms with van der Waals surface area (Å²) in [4.78, 5) is 0. The molecule has 0 aliphatic heterocycles. The fourth-order valence-corrected chi connectivity index (χ4v) is 0.276. The Labute approximate surface area is 50.7 Å². The summed E-state index contributed by atoms with van der Waals surface area (Å²) < 4.78 is 4.86. The molecular weight excluding hydrogens is 100 g/mol. The van der Waals surface area contributed by atoms with E-state index in [4.69, 9.17) is 4.74 Å². The predicted octanol–water partition coefficient (Wildman–Crippen LogP) is 2.46. The second-order valence-electron chi connectivity index (χ2n) is 1.39. The number of hydrogen-bond acceptors (Lipinski definition) is 1. The Morgan fingerprint density at radius 2 is 2.12 bits per heavy atom. The van der Waals surface area contributed by atoms with Gasteiger partial charge in [-0.3, -0.25) is 0 Å². The smallest absolute Gasteiger partial charge is 0.0861 e. The maximum absolute atomic E-state index is 4.86. The summed E-state index contributed by atoms with van der Waals surface area (Å²) in [7, 11) is 0. The molecule has 1 heteroatoms. The number of rotatable bonds is 3. The molecule has 0 saturated heterocycles. The van der Waals surface area contributed by atoms with Crippen LogP contribution in [0.1, 0.15) is 20.3 Å². The first-order valence-electron chi connectivity index (χ1n) is 2.83. The molecule has 8 heavy (non-hydrogen) atoms. The number of ether oxygens (including phenoxy) is 1. The Hall–Kier alpha value is -0.720. The third-order valence-electron chi connectivity index (χ3n) is 0.625. The second kappa shape index (κ2) is 6.28. The van der Waals surface area contributed by atoms with Crippen LogP contribution in [0.2, 0.25) is 0 Å². The van der Waals surface area contributed by atoms with E-state index >= 15 is 0 Å². The lowest BCUT2D eigenvalue weighted by molar-refractivity contribution is 0.400. The monoisotopic (exact) mass is 112 g/mol. The van der Waals surface area contributed by atoms with Gasteiger partial charge in [0.2, 0.25) is 0 Å². The Morgan fingerprint density at radius 1 is 1.38 bits per heavy atom. The van der Waals surface area contributed by atoms with Gasteiger partial charge in [-0.25, -0.2) is 0 Å². The van der Waals surface area contributed by atoms with Crippen molar-refractivity contribution in [2.24, 2.45) is 0 Å². The van der Waals surface area contributed by atoms with Crippen LogP contribution in [-0.2, 0) is 4.74 Å². The maximum atomic E-state index is 4.86. The molecule has 0 aliphatic carbocycles. The summed E-state index contributed by atoms with van der Waals surface area (Å²) in [5, 5.41) is 0. The molecule has 0 atom stereocenters. The molecule has 0 aromatic rings. The molecular formula is C7H12O. The quantitative estimate of drug-likeness (QED) is 0.509. The van der Waals surface area contributed by atoms with E-state index in [9.17, 15) is 0 Å². The minimum absolute atomic E-state index is 1.03. The van der Waals surface area contributed by atoms with E-state index in [1.807, 2.05) is 19.1 Å². The van der Waals surface area contributed by atoms with Crippen LogP contribution in [-0.4, -0.2) is 0 Å². The number of allylic oxidation sites excluding steroid dienone is 2. The lowest BCUT2D eigenvalue weighted by Crippen LogP contribution is -1.62. The third-order valence-corrected chi connectivity index (χ3v) is 0.625. The highest BCUT2D eigenvalue weighted by molar-refractivity contribution is 4.75. The molecule has 0 unspecified atom stereocenters. The summed E-state index contributed by atoms with van der Waals surface area (Å²) in [5.74, 6) is 0. The molecule has 0 aliphatic rings. The fourth-order valence-electron chi connectivity index (χ4n) is 0.276. The Kier molecular flexibility index (Phi) is 5.71. The topological polar surface area (TPSA) is 9.23 Å². The molecule has 46 valence electrons. The van der Waals surface area contributed by atoms with Crippen molar-refractivity contribution in [1.82, 2.24) is 0 Å². The van der Waals surface area contributed by atoms with Crippen molar-refractivity contribution in [2.45, 2.75) is 20.3 Å². The summed E-state index contributed by atoms with van der Waals surface area (Å²) in [5.41, 5.74) is 0. The fraction of sp³-hybridized carbons (Fsp3) is 0.429. The van der Waals surface area contributed by atoms with Crippen molar-refractivity contribution in [3.8, 4) is 0 Å². The summed E-state index contributed by atoms with van der Waals surface area (Å²) in [6.07, 6.45) is 8.16. The van der Waals surface area contributed by atoms with Crippen LogP contribution in [0.4, 0.5) is 0 Å². The molecule has 0 N–H and O–H groups in total. The van der Waals surface area contributed by atoms with Crippen LogP contribution in [0.15, 0.2) is 24.7 Å². The van der Waals surface area contributed by atoms with Crippen LogP contribution in [0, 0.1) is 0 Å². The predicted molar refractivity (Wildman–Crippen MR) is 35.3 cm³/mol. The molecule has 0 radical (unpaired) electrons. The van der Waals surface area contributed by atoms with Gasteiger partial charge in [0.1, 0.15) is 0 Å². The molecule has 0 saturated carbocycles. The lowest BCUT2D eigenvalue weighted by Gasteiger charge is -1.84. The van der Waals surface area contributed by atoms with Crippen LogP contribution in [0.25, 0.3) is 0 Å². The summed E-state index contributed by atoms with van der Waals surface area (Å²) in [6, 6.07) is 0. The molecule has 0 aromatic carbocycles. The molecule has 1 nitrogen and oxygen atoms in total. The molecule has 0 amide bonds. The van der Waals surface area contributed by atoms with Crippen molar-refractivity contribution in [3.05, 3.63) is 24.7 Å². The van der Waals surface area contributed by atoms with Crippen LogP contribution >= 0.6 is 0 Å². The van der Waals surface area contributed by atoms with Gasteiger partial charge in [-0.15, -0.1) is 0 Å². The minimum Gasteiger partial charge on any atom is -0.473 e. The minimum atomic E-state index is 1.03. The second-order valence-corrected chi connectivity index (χ2v) is 1.39. The summed E-state index contributed by atoms with van der Waals surface area (Å²) in [6.45, 7) is 3.98. The van der Waals surface area contributed by atoms with Gasteiger partial charge in [0.25, 0.3) is 0 Å². The molecule has 0 rings (SSSR count). The Morgan fingerprint density at radius 3 is 2.62 bits per heavy atom. The first-order chi connectivity index (χ1) is 3.91. The maximum Gasteiger partial charge on any atom is 0.0861 e. The van der Waals surface area contributed by atoms with Gasteiger partial charge >= 0.3 is 0 Å². The standard InChI is InChI=1S/C7H12O/c1-3-5-7-8-6-4-2/h4-7H,3H2,1-2H3. The lowest BCUT2D eigenvalue weighted by atomic mass is 10.5. The van der Waals surface area contributed by atoms with Crippen LogP contribution < -0.4 is 0 Å². The Balaban J connectivity index is 3.03. The van der Waals surface area contributed by atoms with E-state index < -0.39 is 0 Å². The van der Waals surface area contributed by atoms with Gasteiger partial charge in [-0.2, -0.15) is 0 Å². The van der Waals surface area contributed by atoms with E-state index in [1.54, 1.807) is 12.5 Å². The Bertz CT molecular complexity index is 82.4. The highest BCUT2D eigenvalue weighted by Gasteiger charge is 1.63. The van der Waals surface area contributed by atoms with Gasteiger partial charge in [0, 0.05) is 0 Å². The largest absolute Gasteiger partial charge is 0.473 e. The third kappa shape index (κ3) is 5.28. The van der Waals surface area contributed by atoms with Gasteiger partial charge in [0.05, 0.1) is 12.5 Å². The molecule has 0 fully saturated rings. The van der Waals surface area contributed by atoms with E-state index in [-0.39, 0.29) is 0 Å². The van der Waals surface area contributed by atoms with Crippen molar-refractivity contribution >= 4 is 0 Å². The van der Waals surface area contributed by atoms with E-state index in [2.05, 4.69) is 6.92 Å². The molecule has 0 bridgehead atoms. The first-order valence-corrected chi connectivity index (χ1v) is 2.83. The van der Waals surface area contributed by atoms with E-state index in [0.29, 0.717) is 0 Å². The van der Waals surface area contributed by atoms with E-state index in [1.165, 1.54) is 0 Å². The molecule has 0 aromatic heterocycles. The summed E-state index contributed by atoms with van der Waals surface area (Å²) >= 11 is 0. The first kappa shape index (κ1) is 7.28. The van der Waals surface area contributed by atoms with Gasteiger partial charge in [0.15, 0.2) is 0 Å². The normalized spacial score (nSPS) is 11.2. The van der Waals surface area contributed by atoms with Crippen LogP contribution in [0.3, 0.4) is 0 Å². The van der Waals surface area contributed by atoms with Crippen molar-refractivity contribution in [1.29, 1.82) is 0 Å². The van der Waals surface area contributed by atoms with Gasteiger partial charge in [-0.1, -0.05) is 13.0 Å². The van der Waals surface area contributed by atoms with Crippen molar-refractivity contribution in [3.63, 3.8) is 0 Å². The van der Waals surface area contributed by atoms with Gasteiger partial charge in [-0.05, 0) is 19.4 Å². The number of hydrogen-bond donors (Lipinski definition) is 0. The zero-order valence-corrected chi connectivity index (χ0v) is 5.42. The SMILES string of the molecule is CC=COC=CCC. The van der Waals surface area contributed by atoms with Crippen LogP contribution in [0.5, 0.6) is 0 Å². The highest BCUT2D eigenvalue weighted by Crippen LogP contribution is 1.82. The van der Waals surface area contributed by atoms with Crippen molar-refractivity contribution in [2.75, 3.05) is 0 Å². The molecule has 0 spiro atoms. The zero-order valence-electron chi connectivity index (χ0n) is 5.42. The molecule has 0 heterocycles. The average Bonchev–Trinajstić information content (AvgIpc) is 1.81. The van der Waals surface area contributed by atoms with E-state index in [0.717, 1.165) is 6.42 Å². The van der Waals surface area contributed by atoms with Crippen molar-refractivity contribution < 1.29 is 4.74 Å².